The molecule has 9 heteroatoms. The average molecular weight is 390 g/mol. The summed E-state index contributed by atoms with van der Waals surface area (Å²) in [5, 5.41) is 5.52. The molecule has 1 aliphatic heterocycles. The number of pyridine rings is 1. The molecule has 0 saturated heterocycles. The highest BCUT2D eigenvalue weighted by Crippen LogP contribution is 2.24. The lowest BCUT2D eigenvalue weighted by Crippen LogP contribution is -2.34. The van der Waals surface area contributed by atoms with Crippen molar-refractivity contribution in [1.29, 1.82) is 0 Å². The molecule has 28 heavy (non-hydrogen) atoms. The molecule has 0 fully saturated rings. The monoisotopic (exact) mass is 390 g/mol. The lowest BCUT2D eigenvalue weighted by molar-refractivity contribution is -0.119. The highest BCUT2D eigenvalue weighted by Gasteiger charge is 2.28. The molecule has 1 aromatic heterocycles. The summed E-state index contributed by atoms with van der Waals surface area (Å²) >= 11 is 0. The van der Waals surface area contributed by atoms with E-state index in [0.717, 1.165) is 12.1 Å². The van der Waals surface area contributed by atoms with Gasteiger partial charge in [-0.25, -0.2) is 13.8 Å². The first-order chi connectivity index (χ1) is 13.4. The maximum atomic E-state index is 14.0. The van der Waals surface area contributed by atoms with Crippen LogP contribution < -0.4 is 15.4 Å². The number of nitrogens with zero attached hydrogens (tertiary/aromatic N) is 2. The second kappa shape index (κ2) is 8.20. The van der Waals surface area contributed by atoms with Crippen molar-refractivity contribution in [2.45, 2.75) is 20.0 Å². The smallest absolute Gasteiger partial charge is 0.256 e. The van der Waals surface area contributed by atoms with Crippen LogP contribution in [0.3, 0.4) is 0 Å². The zero-order valence-electron chi connectivity index (χ0n) is 15.5. The highest BCUT2D eigenvalue weighted by atomic mass is 19.1. The molecule has 148 valence electrons. The van der Waals surface area contributed by atoms with Crippen LogP contribution in [0.1, 0.15) is 28.5 Å². The number of hydrogen-bond acceptors (Lipinski definition) is 5. The summed E-state index contributed by atoms with van der Waals surface area (Å²) in [6.45, 7) is 2.35. The van der Waals surface area contributed by atoms with Crippen molar-refractivity contribution in [3.05, 3.63) is 52.7 Å². The number of ether oxygens (including phenoxy) is 1. The summed E-state index contributed by atoms with van der Waals surface area (Å²) in [5.41, 5.74) is 0.930. The first kappa shape index (κ1) is 19.5. The van der Waals surface area contributed by atoms with Crippen LogP contribution in [0.15, 0.2) is 24.3 Å². The van der Waals surface area contributed by atoms with E-state index >= 15 is 0 Å². The number of hydrogen-bond donors (Lipinski definition) is 2. The molecule has 0 unspecified atom stereocenters. The third-order valence-corrected chi connectivity index (χ3v) is 4.38. The Labute approximate surface area is 160 Å². The zero-order chi connectivity index (χ0) is 20.3. The fourth-order valence-electron chi connectivity index (χ4n) is 2.93. The number of carbonyl (C=O) groups is 2. The van der Waals surface area contributed by atoms with Gasteiger partial charge in [0.25, 0.3) is 5.91 Å². The largest absolute Gasteiger partial charge is 0.497 e. The molecular formula is C19H20F2N4O3. The fraction of sp³-hybridized carbons (Fsp3) is 0.316. The molecule has 2 amide bonds. The van der Waals surface area contributed by atoms with Gasteiger partial charge in [0, 0.05) is 44.3 Å². The highest BCUT2D eigenvalue weighted by molar-refractivity contribution is 5.98. The standard InChI is InChI=1S/C19H20F2N4O3/c1-11(26)22-5-6-25-10-17-13(19(25)27)3-4-18(24-17)23-9-14-15(20)7-12(28-2)8-16(14)21/h3-4,7-8H,5-6,9-10H2,1-2H3,(H,22,26)(H,23,24). The summed E-state index contributed by atoms with van der Waals surface area (Å²) in [4.78, 5) is 29.3. The molecule has 2 N–H and O–H groups in total. The average Bonchev–Trinajstić information content (AvgIpc) is 2.96. The molecule has 7 nitrogen and oxygen atoms in total. The number of nitrogens with one attached hydrogen (secondary N) is 2. The van der Waals surface area contributed by atoms with E-state index < -0.39 is 11.6 Å². The van der Waals surface area contributed by atoms with Crippen LogP contribution in [0.2, 0.25) is 0 Å². The molecule has 0 atom stereocenters. The number of aromatic nitrogens is 1. The van der Waals surface area contributed by atoms with Gasteiger partial charge in [-0.3, -0.25) is 9.59 Å². The minimum Gasteiger partial charge on any atom is -0.497 e. The predicted octanol–water partition coefficient (Wildman–Crippen LogP) is 2.07. The Morgan fingerprint density at radius 1 is 1.29 bits per heavy atom. The summed E-state index contributed by atoms with van der Waals surface area (Å²) in [7, 11) is 1.33. The van der Waals surface area contributed by atoms with Gasteiger partial charge in [0.1, 0.15) is 23.2 Å². The second-order valence-corrected chi connectivity index (χ2v) is 6.32. The third-order valence-electron chi connectivity index (χ3n) is 4.38. The molecule has 0 bridgehead atoms. The number of methoxy groups -OCH3 is 1. The summed E-state index contributed by atoms with van der Waals surface area (Å²) < 4.78 is 32.9. The van der Waals surface area contributed by atoms with Gasteiger partial charge in [-0.15, -0.1) is 0 Å². The molecule has 0 spiro atoms. The van der Waals surface area contributed by atoms with Gasteiger partial charge < -0.3 is 20.3 Å². The lowest BCUT2D eigenvalue weighted by Gasteiger charge is -2.14. The second-order valence-electron chi connectivity index (χ2n) is 6.32. The van der Waals surface area contributed by atoms with E-state index in [2.05, 4.69) is 15.6 Å². The fourth-order valence-corrected chi connectivity index (χ4v) is 2.93. The number of halogens is 2. The number of carbonyl (C=O) groups excluding carboxylic acids is 2. The maximum Gasteiger partial charge on any atom is 0.256 e. The van der Waals surface area contributed by atoms with Crippen LogP contribution in [-0.4, -0.2) is 41.9 Å². The molecule has 2 aromatic rings. The van der Waals surface area contributed by atoms with Gasteiger partial charge in [-0.2, -0.15) is 0 Å². The van der Waals surface area contributed by atoms with Crippen molar-refractivity contribution in [2.75, 3.05) is 25.5 Å². The van der Waals surface area contributed by atoms with E-state index in [9.17, 15) is 18.4 Å². The van der Waals surface area contributed by atoms with E-state index in [4.69, 9.17) is 4.74 Å². The summed E-state index contributed by atoms with van der Waals surface area (Å²) in [5.74, 6) is -1.25. The van der Waals surface area contributed by atoms with E-state index in [0.29, 0.717) is 36.7 Å². The first-order valence-corrected chi connectivity index (χ1v) is 8.68. The minimum atomic E-state index is -0.718. The van der Waals surface area contributed by atoms with E-state index in [1.54, 1.807) is 17.0 Å². The van der Waals surface area contributed by atoms with Crippen LogP contribution in [0.25, 0.3) is 0 Å². The molecular weight excluding hydrogens is 370 g/mol. The molecule has 1 aliphatic rings. The summed E-state index contributed by atoms with van der Waals surface area (Å²) in [6, 6.07) is 5.45. The van der Waals surface area contributed by atoms with Crippen molar-refractivity contribution >= 4 is 17.6 Å². The van der Waals surface area contributed by atoms with Crippen LogP contribution >= 0.6 is 0 Å². The van der Waals surface area contributed by atoms with Crippen LogP contribution in [-0.2, 0) is 17.9 Å². The van der Waals surface area contributed by atoms with E-state index in [-0.39, 0.29) is 29.7 Å². The van der Waals surface area contributed by atoms with E-state index in [1.165, 1.54) is 14.0 Å². The molecule has 1 aromatic carbocycles. The first-order valence-electron chi connectivity index (χ1n) is 8.68. The quantitative estimate of drug-likeness (QED) is 0.756. The Balaban J connectivity index is 1.66. The molecule has 0 aliphatic carbocycles. The van der Waals surface area contributed by atoms with Gasteiger partial charge in [0.15, 0.2) is 0 Å². The number of anilines is 1. The molecule has 3 rings (SSSR count). The molecule has 2 heterocycles. The summed E-state index contributed by atoms with van der Waals surface area (Å²) in [6.07, 6.45) is 0. The van der Waals surface area contributed by atoms with Crippen molar-refractivity contribution < 1.29 is 23.1 Å². The molecule has 0 saturated carbocycles. The maximum absolute atomic E-state index is 14.0. The SMILES string of the molecule is COc1cc(F)c(CNc2ccc3c(n2)CN(CCNC(C)=O)C3=O)c(F)c1. The minimum absolute atomic E-state index is 0.104. The number of fused-ring (bicyclic) bond motifs is 1. The van der Waals surface area contributed by atoms with Crippen molar-refractivity contribution in [3.63, 3.8) is 0 Å². The predicted molar refractivity (Wildman–Crippen MR) is 97.9 cm³/mol. The Morgan fingerprint density at radius 3 is 2.64 bits per heavy atom. The number of rotatable bonds is 7. The van der Waals surface area contributed by atoms with Gasteiger partial charge in [0.2, 0.25) is 5.91 Å². The van der Waals surface area contributed by atoms with Gasteiger partial charge in [-0.05, 0) is 12.1 Å². The Kier molecular flexibility index (Phi) is 5.72. The Hall–Kier alpha value is -3.23. The van der Waals surface area contributed by atoms with Crippen LogP contribution in [0.5, 0.6) is 5.75 Å². The third kappa shape index (κ3) is 4.19. The lowest BCUT2D eigenvalue weighted by atomic mass is 10.2. The Morgan fingerprint density at radius 2 is 2.00 bits per heavy atom. The van der Waals surface area contributed by atoms with Crippen molar-refractivity contribution in [3.8, 4) is 5.75 Å². The van der Waals surface area contributed by atoms with Crippen LogP contribution in [0, 0.1) is 11.6 Å². The van der Waals surface area contributed by atoms with Crippen molar-refractivity contribution in [1.82, 2.24) is 15.2 Å². The number of amides is 2. The van der Waals surface area contributed by atoms with Gasteiger partial charge in [0.05, 0.1) is 24.9 Å². The number of benzene rings is 1. The normalized spacial score (nSPS) is 12.7. The topological polar surface area (TPSA) is 83.6 Å². The Bertz CT molecular complexity index is 897. The van der Waals surface area contributed by atoms with Gasteiger partial charge in [-0.1, -0.05) is 0 Å². The van der Waals surface area contributed by atoms with Crippen molar-refractivity contribution in [2.24, 2.45) is 0 Å². The van der Waals surface area contributed by atoms with Crippen LogP contribution in [0.4, 0.5) is 14.6 Å². The molecule has 0 radical (unpaired) electrons. The van der Waals surface area contributed by atoms with Gasteiger partial charge >= 0.3 is 0 Å². The van der Waals surface area contributed by atoms with E-state index in [1.807, 2.05) is 0 Å². The zero-order valence-corrected chi connectivity index (χ0v) is 15.5.